The third-order valence-corrected chi connectivity index (χ3v) is 4.96. The van der Waals surface area contributed by atoms with Crippen LogP contribution < -0.4 is 5.32 Å². The molecule has 2 rings (SSSR count). The summed E-state index contributed by atoms with van der Waals surface area (Å²) >= 11 is 7.33. The second kappa shape index (κ2) is 11.3. The van der Waals surface area contributed by atoms with E-state index in [0.29, 0.717) is 6.04 Å². The average molecular weight is 463 g/mol. The zero-order valence-corrected chi connectivity index (χ0v) is 17.1. The zero-order chi connectivity index (χ0) is 13.7. The van der Waals surface area contributed by atoms with E-state index in [2.05, 4.69) is 67.2 Å². The summed E-state index contributed by atoms with van der Waals surface area (Å²) in [4.78, 5) is 2.62. The van der Waals surface area contributed by atoms with E-state index in [1.165, 1.54) is 33.8 Å². The zero-order valence-electron chi connectivity index (χ0n) is 12.3. The first-order chi connectivity index (χ1) is 9.22. The maximum atomic E-state index is 3.73. The van der Waals surface area contributed by atoms with Gasteiger partial charge in [-0.05, 0) is 30.2 Å². The minimum Gasteiger partial charge on any atom is -0.314 e. The van der Waals surface area contributed by atoms with Gasteiger partial charge in [0, 0.05) is 41.2 Å². The highest BCUT2D eigenvalue weighted by Crippen LogP contribution is 2.34. The van der Waals surface area contributed by atoms with Crippen molar-refractivity contribution in [2.75, 3.05) is 26.2 Å². The first kappa shape index (κ1) is 21.7. The molecular weight excluding hydrogens is 439 g/mol. The number of unbranched alkanes of at least 4 members (excludes halogenated alkanes) is 1. The van der Waals surface area contributed by atoms with Crippen molar-refractivity contribution in [2.24, 2.45) is 0 Å². The van der Waals surface area contributed by atoms with Crippen LogP contribution in [0.1, 0.15) is 37.8 Å². The molecule has 0 bridgehead atoms. The molecule has 1 saturated heterocycles. The lowest BCUT2D eigenvalue weighted by Gasteiger charge is -2.36. The molecule has 1 aliphatic rings. The molecule has 1 N–H and O–H groups in total. The second-order valence-corrected chi connectivity index (χ2v) is 6.88. The van der Waals surface area contributed by atoms with Gasteiger partial charge in [0.1, 0.15) is 0 Å². The summed E-state index contributed by atoms with van der Waals surface area (Å²) in [6.07, 6.45) is 3.79. The number of rotatable bonds is 5. The normalized spacial score (nSPS) is 16.7. The molecule has 1 aliphatic heterocycles. The Morgan fingerprint density at radius 3 is 2.48 bits per heavy atom. The Morgan fingerprint density at radius 1 is 1.19 bits per heavy atom. The smallest absolute Gasteiger partial charge is 0.0360 e. The van der Waals surface area contributed by atoms with E-state index in [1.54, 1.807) is 0 Å². The molecule has 0 aromatic heterocycles. The van der Waals surface area contributed by atoms with Gasteiger partial charge in [0.05, 0.1) is 0 Å². The quantitative estimate of drug-likeness (QED) is 0.647. The van der Waals surface area contributed by atoms with Gasteiger partial charge in [0.2, 0.25) is 0 Å². The van der Waals surface area contributed by atoms with Crippen molar-refractivity contribution in [1.29, 1.82) is 0 Å². The van der Waals surface area contributed by atoms with Crippen LogP contribution in [0, 0.1) is 0 Å². The van der Waals surface area contributed by atoms with Crippen LogP contribution >= 0.6 is 56.7 Å². The fourth-order valence-corrected chi connectivity index (χ4v) is 3.59. The van der Waals surface area contributed by atoms with Crippen molar-refractivity contribution in [3.8, 4) is 0 Å². The molecule has 21 heavy (non-hydrogen) atoms. The van der Waals surface area contributed by atoms with Gasteiger partial charge >= 0.3 is 0 Å². The molecule has 0 spiro atoms. The van der Waals surface area contributed by atoms with Crippen LogP contribution in [0.3, 0.4) is 0 Å². The summed E-state index contributed by atoms with van der Waals surface area (Å²) < 4.78 is 2.40. The Balaban J connectivity index is 0.00000200. The summed E-state index contributed by atoms with van der Waals surface area (Å²) in [5.41, 5.74) is 1.42. The molecule has 122 valence electrons. The van der Waals surface area contributed by atoms with E-state index >= 15 is 0 Å². The maximum absolute atomic E-state index is 3.73. The topological polar surface area (TPSA) is 15.3 Å². The lowest BCUT2D eigenvalue weighted by molar-refractivity contribution is 0.162. The Hall–Kier alpha value is 0.680. The number of piperazine rings is 1. The molecule has 1 atom stereocenters. The first-order valence-electron chi connectivity index (χ1n) is 7.12. The third kappa shape index (κ3) is 6.36. The number of hydrogen-bond acceptors (Lipinski definition) is 2. The molecule has 6 heteroatoms. The highest BCUT2D eigenvalue weighted by atomic mass is 79.9. The van der Waals surface area contributed by atoms with Crippen molar-refractivity contribution in [3.63, 3.8) is 0 Å². The Labute approximate surface area is 157 Å². The van der Waals surface area contributed by atoms with E-state index in [0.717, 1.165) is 26.2 Å². The lowest BCUT2D eigenvalue weighted by atomic mass is 9.99. The molecule has 0 radical (unpaired) electrons. The van der Waals surface area contributed by atoms with Gasteiger partial charge in [-0.15, -0.1) is 24.8 Å². The highest BCUT2D eigenvalue weighted by molar-refractivity contribution is 9.11. The van der Waals surface area contributed by atoms with Gasteiger partial charge in [-0.2, -0.15) is 0 Å². The number of halogens is 4. The van der Waals surface area contributed by atoms with Gasteiger partial charge < -0.3 is 5.32 Å². The summed E-state index contributed by atoms with van der Waals surface area (Å²) in [5.74, 6) is 0. The van der Waals surface area contributed by atoms with Crippen LogP contribution in [-0.2, 0) is 0 Å². The highest BCUT2D eigenvalue weighted by Gasteiger charge is 2.23. The van der Waals surface area contributed by atoms with Crippen molar-refractivity contribution >= 4 is 56.7 Å². The number of nitrogens with zero attached hydrogens (tertiary/aromatic N) is 1. The molecule has 0 unspecified atom stereocenters. The van der Waals surface area contributed by atoms with Crippen LogP contribution in [0.15, 0.2) is 27.1 Å². The standard InChI is InChI=1S/C15H22Br2N2.2ClH/c1-2-3-4-15(19-9-7-18-8-10-19)13-11-12(16)5-6-14(13)17;;/h5-6,11,15,18H,2-4,7-10H2,1H3;2*1H/t15-;;/m1../s1. The first-order valence-corrected chi connectivity index (χ1v) is 8.70. The van der Waals surface area contributed by atoms with E-state index < -0.39 is 0 Å². The van der Waals surface area contributed by atoms with Crippen LogP contribution in [0.5, 0.6) is 0 Å². The minimum atomic E-state index is 0. The molecule has 1 heterocycles. The molecule has 1 aromatic carbocycles. The fraction of sp³-hybridized carbons (Fsp3) is 0.600. The van der Waals surface area contributed by atoms with Crippen molar-refractivity contribution in [1.82, 2.24) is 10.2 Å². The van der Waals surface area contributed by atoms with Gasteiger partial charge in [-0.1, -0.05) is 51.6 Å². The third-order valence-electron chi connectivity index (χ3n) is 3.74. The molecule has 2 nitrogen and oxygen atoms in total. The average Bonchev–Trinajstić information content (AvgIpc) is 2.44. The van der Waals surface area contributed by atoms with Gasteiger partial charge in [-0.3, -0.25) is 4.90 Å². The lowest BCUT2D eigenvalue weighted by Crippen LogP contribution is -2.45. The van der Waals surface area contributed by atoms with Crippen LogP contribution in [-0.4, -0.2) is 31.1 Å². The monoisotopic (exact) mass is 460 g/mol. The number of benzene rings is 1. The Morgan fingerprint density at radius 2 is 1.86 bits per heavy atom. The summed E-state index contributed by atoms with van der Waals surface area (Å²) in [5, 5.41) is 3.44. The van der Waals surface area contributed by atoms with Crippen LogP contribution in [0.2, 0.25) is 0 Å². The van der Waals surface area contributed by atoms with Crippen molar-refractivity contribution in [2.45, 2.75) is 32.2 Å². The van der Waals surface area contributed by atoms with Gasteiger partial charge in [0.25, 0.3) is 0 Å². The summed E-state index contributed by atoms with van der Waals surface area (Å²) in [6, 6.07) is 7.06. The van der Waals surface area contributed by atoms with E-state index in [1.807, 2.05) is 0 Å². The predicted octanol–water partition coefficient (Wildman–Crippen LogP) is 5.19. The van der Waals surface area contributed by atoms with Gasteiger partial charge in [-0.25, -0.2) is 0 Å². The summed E-state index contributed by atoms with van der Waals surface area (Å²) in [7, 11) is 0. The molecular formula is C15H24Br2Cl2N2. The molecule has 1 aromatic rings. The van der Waals surface area contributed by atoms with E-state index in [-0.39, 0.29) is 24.8 Å². The summed E-state index contributed by atoms with van der Waals surface area (Å²) in [6.45, 7) is 6.77. The van der Waals surface area contributed by atoms with Crippen LogP contribution in [0.4, 0.5) is 0 Å². The van der Waals surface area contributed by atoms with E-state index in [9.17, 15) is 0 Å². The maximum Gasteiger partial charge on any atom is 0.0360 e. The van der Waals surface area contributed by atoms with Crippen molar-refractivity contribution < 1.29 is 0 Å². The Bertz CT molecular complexity index is 413. The largest absolute Gasteiger partial charge is 0.314 e. The minimum absolute atomic E-state index is 0. The SMILES string of the molecule is CCCC[C@H](c1cc(Br)ccc1Br)N1CCNCC1.Cl.Cl. The molecule has 0 amide bonds. The predicted molar refractivity (Wildman–Crippen MR) is 103 cm³/mol. The fourth-order valence-electron chi connectivity index (χ4n) is 2.70. The molecule has 1 fully saturated rings. The second-order valence-electron chi connectivity index (χ2n) is 5.11. The van der Waals surface area contributed by atoms with Crippen molar-refractivity contribution in [3.05, 3.63) is 32.7 Å². The van der Waals surface area contributed by atoms with Gasteiger partial charge in [0.15, 0.2) is 0 Å². The number of nitrogens with one attached hydrogen (secondary N) is 1. The number of hydrogen-bond donors (Lipinski definition) is 1. The molecule has 0 aliphatic carbocycles. The van der Waals surface area contributed by atoms with Crippen LogP contribution in [0.25, 0.3) is 0 Å². The molecule has 0 saturated carbocycles. The Kier molecular flexibility index (Phi) is 11.6. The van der Waals surface area contributed by atoms with E-state index in [4.69, 9.17) is 0 Å².